The van der Waals surface area contributed by atoms with E-state index in [1.807, 2.05) is 42.5 Å². The number of aliphatic hydroxyl groups excluding tert-OH is 3. The van der Waals surface area contributed by atoms with E-state index >= 15 is 0 Å². The SMILES string of the molecule is O=C(O[C@H](c1ccc(Cl)cc1)[C@H]1OC(O)[C@H](O)[C@@H]1O)c1ccc(-c2ccccc2)cc1. The first-order chi connectivity index (χ1) is 14.9. The number of hydrogen-bond donors (Lipinski definition) is 3. The topological polar surface area (TPSA) is 96.2 Å². The van der Waals surface area contributed by atoms with Gasteiger partial charge in [0.2, 0.25) is 0 Å². The molecular formula is C24H21ClO6. The second kappa shape index (κ2) is 9.18. The Morgan fingerprint density at radius 2 is 1.45 bits per heavy atom. The molecule has 0 bridgehead atoms. The number of ether oxygens (including phenoxy) is 2. The predicted molar refractivity (Wildman–Crippen MR) is 114 cm³/mol. The molecule has 0 saturated carbocycles. The second-order valence-electron chi connectivity index (χ2n) is 7.29. The zero-order chi connectivity index (χ0) is 22.0. The molecular weight excluding hydrogens is 420 g/mol. The molecule has 0 radical (unpaired) electrons. The van der Waals surface area contributed by atoms with Crippen LogP contribution < -0.4 is 0 Å². The van der Waals surface area contributed by atoms with E-state index in [-0.39, 0.29) is 0 Å². The van der Waals surface area contributed by atoms with Crippen LogP contribution in [0.1, 0.15) is 22.0 Å². The molecule has 0 amide bonds. The normalized spacial score (nSPS) is 24.0. The Morgan fingerprint density at radius 3 is 2.03 bits per heavy atom. The van der Waals surface area contributed by atoms with Crippen LogP contribution in [0.3, 0.4) is 0 Å². The highest BCUT2D eigenvalue weighted by atomic mass is 35.5. The Bertz CT molecular complexity index is 1020. The third kappa shape index (κ3) is 4.63. The first kappa shape index (κ1) is 21.5. The molecule has 1 aliphatic rings. The van der Waals surface area contributed by atoms with Gasteiger partial charge in [-0.25, -0.2) is 4.79 Å². The van der Waals surface area contributed by atoms with Crippen LogP contribution in [0.4, 0.5) is 0 Å². The van der Waals surface area contributed by atoms with Crippen molar-refractivity contribution in [2.75, 3.05) is 0 Å². The van der Waals surface area contributed by atoms with E-state index in [0.29, 0.717) is 16.1 Å². The van der Waals surface area contributed by atoms with Crippen molar-refractivity contribution < 1.29 is 29.6 Å². The summed E-state index contributed by atoms with van der Waals surface area (Å²) in [6, 6.07) is 23.2. The van der Waals surface area contributed by atoms with E-state index in [4.69, 9.17) is 21.1 Å². The number of carbonyl (C=O) groups is 1. The van der Waals surface area contributed by atoms with Crippen LogP contribution in [0.2, 0.25) is 5.02 Å². The third-order valence-corrected chi connectivity index (χ3v) is 5.49. The van der Waals surface area contributed by atoms with E-state index in [1.54, 1.807) is 36.4 Å². The minimum absolute atomic E-state index is 0.312. The summed E-state index contributed by atoms with van der Waals surface area (Å²) in [5, 5.41) is 30.4. The average molecular weight is 441 g/mol. The van der Waals surface area contributed by atoms with Crippen LogP contribution in [0, 0.1) is 0 Å². The van der Waals surface area contributed by atoms with Crippen LogP contribution in [-0.2, 0) is 9.47 Å². The average Bonchev–Trinajstić information content (AvgIpc) is 3.06. The van der Waals surface area contributed by atoms with Gasteiger partial charge in [-0.3, -0.25) is 0 Å². The number of aliphatic hydroxyl groups is 3. The molecule has 5 atom stereocenters. The fraction of sp³-hybridized carbons (Fsp3) is 0.208. The van der Waals surface area contributed by atoms with Gasteiger partial charge in [-0.1, -0.05) is 66.2 Å². The summed E-state index contributed by atoms with van der Waals surface area (Å²) >= 11 is 5.95. The van der Waals surface area contributed by atoms with Gasteiger partial charge < -0.3 is 24.8 Å². The van der Waals surface area contributed by atoms with Gasteiger partial charge in [0, 0.05) is 5.02 Å². The van der Waals surface area contributed by atoms with E-state index in [1.165, 1.54) is 0 Å². The van der Waals surface area contributed by atoms with Crippen molar-refractivity contribution in [3.63, 3.8) is 0 Å². The van der Waals surface area contributed by atoms with E-state index in [0.717, 1.165) is 11.1 Å². The zero-order valence-electron chi connectivity index (χ0n) is 16.3. The minimum Gasteiger partial charge on any atom is -0.451 e. The quantitative estimate of drug-likeness (QED) is 0.526. The van der Waals surface area contributed by atoms with Crippen molar-refractivity contribution in [1.29, 1.82) is 0 Å². The van der Waals surface area contributed by atoms with E-state index in [2.05, 4.69) is 0 Å². The van der Waals surface area contributed by atoms with Crippen molar-refractivity contribution in [1.82, 2.24) is 0 Å². The van der Waals surface area contributed by atoms with Gasteiger partial charge in [-0.2, -0.15) is 0 Å². The highest BCUT2D eigenvalue weighted by Gasteiger charge is 2.47. The van der Waals surface area contributed by atoms with Crippen molar-refractivity contribution in [3.8, 4) is 11.1 Å². The van der Waals surface area contributed by atoms with E-state index in [9.17, 15) is 20.1 Å². The summed E-state index contributed by atoms with van der Waals surface area (Å²) in [5.74, 6) is -0.633. The predicted octanol–water partition coefficient (Wildman–Crippen LogP) is 3.34. The van der Waals surface area contributed by atoms with Crippen molar-refractivity contribution in [2.24, 2.45) is 0 Å². The lowest BCUT2D eigenvalue weighted by Crippen LogP contribution is -2.36. The molecule has 160 valence electrons. The molecule has 4 rings (SSSR count). The Labute approximate surface area is 184 Å². The molecule has 1 aliphatic heterocycles. The lowest BCUT2D eigenvalue weighted by molar-refractivity contribution is -0.148. The molecule has 31 heavy (non-hydrogen) atoms. The van der Waals surface area contributed by atoms with Crippen LogP contribution >= 0.6 is 11.6 Å². The largest absolute Gasteiger partial charge is 0.451 e. The van der Waals surface area contributed by atoms with Gasteiger partial charge in [0.05, 0.1) is 5.56 Å². The maximum absolute atomic E-state index is 12.9. The molecule has 1 heterocycles. The number of esters is 1. The molecule has 0 aliphatic carbocycles. The molecule has 0 aromatic heterocycles. The maximum atomic E-state index is 12.9. The number of rotatable bonds is 5. The molecule has 1 unspecified atom stereocenters. The number of benzene rings is 3. The van der Waals surface area contributed by atoms with Gasteiger partial charge in [-0.15, -0.1) is 0 Å². The lowest BCUT2D eigenvalue weighted by Gasteiger charge is -2.26. The molecule has 1 saturated heterocycles. The number of hydrogen-bond acceptors (Lipinski definition) is 6. The van der Waals surface area contributed by atoms with Crippen molar-refractivity contribution in [2.45, 2.75) is 30.7 Å². The first-order valence-corrected chi connectivity index (χ1v) is 10.1. The first-order valence-electron chi connectivity index (χ1n) is 9.75. The fourth-order valence-electron chi connectivity index (χ4n) is 3.53. The van der Waals surface area contributed by atoms with Gasteiger partial charge in [0.1, 0.15) is 18.3 Å². The molecule has 3 N–H and O–H groups in total. The summed E-state index contributed by atoms with van der Waals surface area (Å²) in [7, 11) is 0. The van der Waals surface area contributed by atoms with Crippen molar-refractivity contribution in [3.05, 3.63) is 95.0 Å². The Morgan fingerprint density at radius 1 is 0.839 bits per heavy atom. The second-order valence-corrected chi connectivity index (χ2v) is 7.73. The van der Waals surface area contributed by atoms with Gasteiger partial charge >= 0.3 is 5.97 Å². The van der Waals surface area contributed by atoms with Crippen LogP contribution in [-0.4, -0.2) is 45.9 Å². The summed E-state index contributed by atoms with van der Waals surface area (Å²) in [5.41, 5.74) is 2.79. The summed E-state index contributed by atoms with van der Waals surface area (Å²) in [4.78, 5) is 12.9. The Balaban J connectivity index is 1.58. The summed E-state index contributed by atoms with van der Waals surface area (Å²) in [6.45, 7) is 0. The number of carbonyl (C=O) groups excluding carboxylic acids is 1. The monoisotopic (exact) mass is 440 g/mol. The molecule has 0 spiro atoms. The molecule has 6 nitrogen and oxygen atoms in total. The number of halogens is 1. The van der Waals surface area contributed by atoms with Crippen LogP contribution in [0.15, 0.2) is 78.9 Å². The standard InChI is InChI=1S/C24H21ClO6/c25-18-12-10-16(11-13-18)21(22-19(26)20(27)24(29)31-22)30-23(28)17-8-6-15(7-9-17)14-4-2-1-3-5-14/h1-13,19-22,24,26-27,29H/t19-,20+,21+,22-,24?/m0/s1. The summed E-state index contributed by atoms with van der Waals surface area (Å²) < 4.78 is 11.0. The van der Waals surface area contributed by atoms with Crippen LogP contribution in [0.25, 0.3) is 11.1 Å². The summed E-state index contributed by atoms with van der Waals surface area (Å²) in [6.07, 6.45) is -6.76. The lowest BCUT2D eigenvalue weighted by atomic mass is 9.99. The fourth-order valence-corrected chi connectivity index (χ4v) is 3.65. The molecule has 7 heteroatoms. The van der Waals surface area contributed by atoms with E-state index < -0.39 is 36.7 Å². The third-order valence-electron chi connectivity index (χ3n) is 5.23. The Hall–Kier alpha value is -2.74. The van der Waals surface area contributed by atoms with Gasteiger partial charge in [0.15, 0.2) is 12.4 Å². The maximum Gasteiger partial charge on any atom is 0.338 e. The van der Waals surface area contributed by atoms with Gasteiger partial charge in [0.25, 0.3) is 0 Å². The smallest absolute Gasteiger partial charge is 0.338 e. The highest BCUT2D eigenvalue weighted by Crippen LogP contribution is 2.34. The Kier molecular flexibility index (Phi) is 6.36. The van der Waals surface area contributed by atoms with Crippen LogP contribution in [0.5, 0.6) is 0 Å². The highest BCUT2D eigenvalue weighted by molar-refractivity contribution is 6.30. The zero-order valence-corrected chi connectivity index (χ0v) is 17.1. The molecule has 1 fully saturated rings. The minimum atomic E-state index is -1.58. The molecule has 3 aromatic rings. The van der Waals surface area contributed by atoms with Crippen molar-refractivity contribution >= 4 is 17.6 Å². The molecule has 3 aromatic carbocycles. The van der Waals surface area contributed by atoms with Gasteiger partial charge in [-0.05, 0) is 41.0 Å².